The molecule has 1 amide bonds. The van der Waals surface area contributed by atoms with Crippen molar-refractivity contribution >= 4 is 22.0 Å². The van der Waals surface area contributed by atoms with Gasteiger partial charge in [-0.15, -0.1) is 0 Å². The molecular formula is C8H6BrNO3. The second-order valence-electron chi connectivity index (χ2n) is 2.62. The number of aliphatic hydroxyl groups excluding tert-OH is 1. The van der Waals surface area contributed by atoms with Gasteiger partial charge in [0.1, 0.15) is 5.75 Å². The number of hydrogen-bond acceptors (Lipinski definition) is 3. The van der Waals surface area contributed by atoms with Crippen LogP contribution in [-0.4, -0.2) is 11.2 Å². The summed E-state index contributed by atoms with van der Waals surface area (Å²) in [4.78, 5) is 10.8. The second-order valence-corrected chi connectivity index (χ2v) is 3.53. The number of ether oxygens (including phenoxy) is 1. The zero-order valence-electron chi connectivity index (χ0n) is 6.45. The van der Waals surface area contributed by atoms with Crippen molar-refractivity contribution < 1.29 is 14.6 Å². The van der Waals surface area contributed by atoms with E-state index in [1.54, 1.807) is 18.2 Å². The topological polar surface area (TPSA) is 58.6 Å². The Labute approximate surface area is 82.6 Å². The molecular weight excluding hydrogens is 238 g/mol. The van der Waals surface area contributed by atoms with Crippen LogP contribution < -0.4 is 10.1 Å². The Balaban J connectivity index is 2.49. The highest BCUT2D eigenvalue weighted by atomic mass is 79.9. The van der Waals surface area contributed by atoms with Gasteiger partial charge in [0.25, 0.3) is 0 Å². The van der Waals surface area contributed by atoms with Crippen molar-refractivity contribution in [2.45, 2.75) is 6.23 Å². The minimum atomic E-state index is -0.992. The van der Waals surface area contributed by atoms with Gasteiger partial charge in [-0.1, -0.05) is 15.9 Å². The molecule has 1 aromatic rings. The van der Waals surface area contributed by atoms with Gasteiger partial charge >= 0.3 is 6.09 Å². The fourth-order valence-corrected chi connectivity index (χ4v) is 1.52. The molecule has 0 saturated carbocycles. The lowest BCUT2D eigenvalue weighted by Gasteiger charge is -2.21. The molecule has 1 heterocycles. The van der Waals surface area contributed by atoms with Crippen LogP contribution in [-0.2, 0) is 0 Å². The van der Waals surface area contributed by atoms with Crippen molar-refractivity contribution in [2.75, 3.05) is 0 Å². The maximum absolute atomic E-state index is 10.8. The lowest BCUT2D eigenvalue weighted by Crippen LogP contribution is -2.35. The average molecular weight is 244 g/mol. The SMILES string of the molecule is O=C1NC(O)c2cc(Br)ccc2O1. The zero-order chi connectivity index (χ0) is 9.42. The third-order valence-electron chi connectivity index (χ3n) is 1.72. The van der Waals surface area contributed by atoms with Crippen LogP contribution in [0.1, 0.15) is 11.8 Å². The highest BCUT2D eigenvalue weighted by Gasteiger charge is 2.23. The highest BCUT2D eigenvalue weighted by molar-refractivity contribution is 9.10. The van der Waals surface area contributed by atoms with Crippen molar-refractivity contribution in [1.29, 1.82) is 0 Å². The molecule has 5 heteroatoms. The van der Waals surface area contributed by atoms with Crippen LogP contribution in [0.5, 0.6) is 5.75 Å². The van der Waals surface area contributed by atoms with Crippen LogP contribution in [0.3, 0.4) is 0 Å². The molecule has 1 atom stereocenters. The summed E-state index contributed by atoms with van der Waals surface area (Å²) < 4.78 is 5.65. The monoisotopic (exact) mass is 243 g/mol. The van der Waals surface area contributed by atoms with Crippen molar-refractivity contribution in [3.8, 4) is 5.75 Å². The number of fused-ring (bicyclic) bond motifs is 1. The molecule has 13 heavy (non-hydrogen) atoms. The maximum Gasteiger partial charge on any atom is 0.414 e. The largest absolute Gasteiger partial charge is 0.414 e. The Kier molecular flexibility index (Phi) is 1.97. The summed E-state index contributed by atoms with van der Waals surface area (Å²) in [5.41, 5.74) is 0.550. The van der Waals surface area contributed by atoms with E-state index in [1.165, 1.54) is 0 Å². The number of carbonyl (C=O) groups is 1. The van der Waals surface area contributed by atoms with Crippen LogP contribution >= 0.6 is 15.9 Å². The van der Waals surface area contributed by atoms with E-state index in [-0.39, 0.29) is 0 Å². The predicted molar refractivity (Wildman–Crippen MR) is 48.3 cm³/mol. The van der Waals surface area contributed by atoms with E-state index in [1.807, 2.05) is 0 Å². The van der Waals surface area contributed by atoms with Crippen molar-refractivity contribution in [3.05, 3.63) is 28.2 Å². The summed E-state index contributed by atoms with van der Waals surface area (Å²) in [7, 11) is 0. The number of rotatable bonds is 0. The van der Waals surface area contributed by atoms with Gasteiger partial charge in [-0.3, -0.25) is 5.32 Å². The molecule has 1 unspecified atom stereocenters. The smallest absolute Gasteiger partial charge is 0.410 e. The van der Waals surface area contributed by atoms with Gasteiger partial charge < -0.3 is 9.84 Å². The molecule has 1 aliphatic heterocycles. The Morgan fingerprint density at radius 1 is 1.54 bits per heavy atom. The predicted octanol–water partition coefficient (Wildman–Crippen LogP) is 1.54. The molecule has 0 aromatic heterocycles. The van der Waals surface area contributed by atoms with Crippen molar-refractivity contribution in [1.82, 2.24) is 5.32 Å². The molecule has 1 aromatic carbocycles. The molecule has 0 radical (unpaired) electrons. The van der Waals surface area contributed by atoms with Gasteiger partial charge in [-0.2, -0.15) is 0 Å². The van der Waals surface area contributed by atoms with Gasteiger partial charge in [-0.25, -0.2) is 4.79 Å². The van der Waals surface area contributed by atoms with E-state index < -0.39 is 12.3 Å². The minimum Gasteiger partial charge on any atom is -0.410 e. The molecule has 0 fully saturated rings. The summed E-state index contributed by atoms with van der Waals surface area (Å²) in [5, 5.41) is 11.7. The van der Waals surface area contributed by atoms with E-state index in [0.717, 1.165) is 4.47 Å². The summed E-state index contributed by atoms with van der Waals surface area (Å²) in [6.45, 7) is 0. The first-order valence-electron chi connectivity index (χ1n) is 3.62. The van der Waals surface area contributed by atoms with Gasteiger partial charge in [0.2, 0.25) is 0 Å². The van der Waals surface area contributed by atoms with Crippen molar-refractivity contribution in [3.63, 3.8) is 0 Å². The zero-order valence-corrected chi connectivity index (χ0v) is 8.04. The van der Waals surface area contributed by atoms with Gasteiger partial charge in [0, 0.05) is 10.0 Å². The van der Waals surface area contributed by atoms with Crippen LogP contribution in [0.4, 0.5) is 4.79 Å². The fraction of sp³-hybridized carbons (Fsp3) is 0.125. The number of halogens is 1. The molecule has 2 N–H and O–H groups in total. The van der Waals surface area contributed by atoms with E-state index in [0.29, 0.717) is 11.3 Å². The fourth-order valence-electron chi connectivity index (χ4n) is 1.14. The van der Waals surface area contributed by atoms with Crippen molar-refractivity contribution in [2.24, 2.45) is 0 Å². The molecule has 68 valence electrons. The first-order valence-corrected chi connectivity index (χ1v) is 4.42. The number of hydrogen-bond donors (Lipinski definition) is 2. The number of carbonyl (C=O) groups excluding carboxylic acids is 1. The van der Waals surface area contributed by atoms with Crippen LogP contribution in [0.2, 0.25) is 0 Å². The van der Waals surface area contributed by atoms with Crippen LogP contribution in [0.15, 0.2) is 22.7 Å². The molecule has 0 saturated heterocycles. The number of benzene rings is 1. The third-order valence-corrected chi connectivity index (χ3v) is 2.22. The normalized spacial score (nSPS) is 20.2. The first-order chi connectivity index (χ1) is 6.16. The lowest BCUT2D eigenvalue weighted by molar-refractivity contribution is 0.109. The highest BCUT2D eigenvalue weighted by Crippen LogP contribution is 2.30. The quantitative estimate of drug-likeness (QED) is 0.727. The van der Waals surface area contributed by atoms with E-state index in [9.17, 15) is 9.90 Å². The molecule has 1 aliphatic rings. The Bertz CT molecular complexity index is 366. The summed E-state index contributed by atoms with van der Waals surface area (Å²) in [6, 6.07) is 5.06. The first kappa shape index (κ1) is 8.52. The van der Waals surface area contributed by atoms with E-state index in [2.05, 4.69) is 21.2 Å². The minimum absolute atomic E-state index is 0.388. The molecule has 4 nitrogen and oxygen atoms in total. The maximum atomic E-state index is 10.8. The van der Waals surface area contributed by atoms with E-state index in [4.69, 9.17) is 4.74 Å². The summed E-state index contributed by atoms with van der Waals surface area (Å²) in [5.74, 6) is 0.388. The summed E-state index contributed by atoms with van der Waals surface area (Å²) in [6.07, 6.45) is -1.63. The standard InChI is InChI=1S/C8H6BrNO3/c9-4-1-2-6-5(3-4)7(11)10-8(12)13-6/h1-3,7,11H,(H,10,12). The van der Waals surface area contributed by atoms with Gasteiger partial charge in [-0.05, 0) is 18.2 Å². The van der Waals surface area contributed by atoms with Gasteiger partial charge in [0.05, 0.1) is 0 Å². The number of aliphatic hydroxyl groups is 1. The molecule has 2 rings (SSSR count). The van der Waals surface area contributed by atoms with Gasteiger partial charge in [0.15, 0.2) is 6.23 Å². The Morgan fingerprint density at radius 2 is 2.31 bits per heavy atom. The van der Waals surface area contributed by atoms with E-state index >= 15 is 0 Å². The third kappa shape index (κ3) is 1.52. The Morgan fingerprint density at radius 3 is 3.08 bits per heavy atom. The average Bonchev–Trinajstić information content (AvgIpc) is 2.06. The van der Waals surface area contributed by atoms with Crippen LogP contribution in [0, 0.1) is 0 Å². The summed E-state index contributed by atoms with van der Waals surface area (Å²) >= 11 is 3.25. The molecule has 0 spiro atoms. The second kappa shape index (κ2) is 3.01. The van der Waals surface area contributed by atoms with Crippen LogP contribution in [0.25, 0.3) is 0 Å². The Hall–Kier alpha value is -1.07. The number of amides is 1. The number of nitrogens with one attached hydrogen (secondary N) is 1. The lowest BCUT2D eigenvalue weighted by atomic mass is 10.1. The molecule has 0 bridgehead atoms. The molecule has 0 aliphatic carbocycles.